The third-order valence-electron chi connectivity index (χ3n) is 4.80. The zero-order valence-corrected chi connectivity index (χ0v) is 18.1. The topological polar surface area (TPSA) is 81.9 Å². The molecule has 2 amide bonds. The first-order valence-electron chi connectivity index (χ1n) is 10.4. The number of aryl methyl sites for hydroxylation is 2. The predicted molar refractivity (Wildman–Crippen MR) is 117 cm³/mol. The average Bonchev–Trinajstić information content (AvgIpc) is 2.72. The van der Waals surface area contributed by atoms with Crippen LogP contribution in [0.3, 0.4) is 0 Å². The van der Waals surface area contributed by atoms with E-state index in [1.54, 1.807) is 4.90 Å². The highest BCUT2D eigenvalue weighted by atomic mass is 16.6. The molecule has 2 aromatic rings. The van der Waals surface area contributed by atoms with Crippen LogP contribution in [0.2, 0.25) is 0 Å². The van der Waals surface area contributed by atoms with E-state index >= 15 is 0 Å². The Morgan fingerprint density at radius 2 is 1.43 bits per heavy atom. The third kappa shape index (κ3) is 8.15. The molecule has 0 unspecified atom stereocenters. The molecule has 0 spiro atoms. The fourth-order valence-corrected chi connectivity index (χ4v) is 3.04. The highest BCUT2D eigenvalue weighted by Crippen LogP contribution is 2.14. The van der Waals surface area contributed by atoms with E-state index in [9.17, 15) is 9.59 Å². The standard InChI is InChI=1S/C24H32N2O4/c1-4-5-6-22(30-23(25)27)17-29-24(28)26(15-20-11-7-18(2)8-12-20)16-21-13-9-19(3)10-14-21/h7-14,22H,4-6,15-17H2,1-3H3,(H2,25,27)/t22-/m0/s1. The van der Waals surface area contributed by atoms with Gasteiger partial charge in [-0.1, -0.05) is 73.0 Å². The highest BCUT2D eigenvalue weighted by molar-refractivity contribution is 5.68. The maximum atomic E-state index is 12.9. The number of ether oxygens (including phenoxy) is 2. The van der Waals surface area contributed by atoms with Crippen LogP contribution in [0, 0.1) is 13.8 Å². The zero-order valence-electron chi connectivity index (χ0n) is 18.1. The summed E-state index contributed by atoms with van der Waals surface area (Å²) in [7, 11) is 0. The van der Waals surface area contributed by atoms with Crippen LogP contribution in [0.4, 0.5) is 9.59 Å². The number of unbranched alkanes of at least 4 members (excludes halogenated alkanes) is 1. The molecule has 162 valence electrons. The molecule has 0 aliphatic carbocycles. The number of hydrogen-bond donors (Lipinski definition) is 1. The minimum absolute atomic E-state index is 0.0138. The smallest absolute Gasteiger partial charge is 0.410 e. The SMILES string of the molecule is CCCC[C@@H](COC(=O)N(Cc1ccc(C)cc1)Cc1ccc(C)cc1)OC(N)=O. The molecule has 0 saturated carbocycles. The summed E-state index contributed by atoms with van der Waals surface area (Å²) in [6.45, 7) is 6.92. The summed E-state index contributed by atoms with van der Waals surface area (Å²) in [5, 5.41) is 0. The molecule has 0 aliphatic rings. The maximum Gasteiger partial charge on any atom is 0.410 e. The fourth-order valence-electron chi connectivity index (χ4n) is 3.04. The lowest BCUT2D eigenvalue weighted by Gasteiger charge is -2.24. The normalized spacial score (nSPS) is 11.6. The van der Waals surface area contributed by atoms with Crippen LogP contribution in [0.25, 0.3) is 0 Å². The Morgan fingerprint density at radius 3 is 1.87 bits per heavy atom. The van der Waals surface area contributed by atoms with Gasteiger partial charge in [-0.2, -0.15) is 0 Å². The summed E-state index contributed by atoms with van der Waals surface area (Å²) in [5.74, 6) is 0. The number of rotatable bonds is 10. The monoisotopic (exact) mass is 412 g/mol. The van der Waals surface area contributed by atoms with Crippen molar-refractivity contribution in [3.8, 4) is 0 Å². The van der Waals surface area contributed by atoms with Crippen molar-refractivity contribution in [2.75, 3.05) is 6.61 Å². The van der Waals surface area contributed by atoms with Gasteiger partial charge in [0.1, 0.15) is 12.7 Å². The van der Waals surface area contributed by atoms with Crippen LogP contribution in [0.1, 0.15) is 48.4 Å². The highest BCUT2D eigenvalue weighted by Gasteiger charge is 2.20. The second kappa shape index (κ2) is 11.9. The summed E-state index contributed by atoms with van der Waals surface area (Å²) < 4.78 is 10.6. The number of benzene rings is 2. The van der Waals surface area contributed by atoms with E-state index in [2.05, 4.69) is 0 Å². The number of nitrogens with two attached hydrogens (primary N) is 1. The van der Waals surface area contributed by atoms with E-state index < -0.39 is 18.3 Å². The largest absolute Gasteiger partial charge is 0.445 e. The van der Waals surface area contributed by atoms with Gasteiger partial charge in [-0.25, -0.2) is 9.59 Å². The lowest BCUT2D eigenvalue weighted by molar-refractivity contribution is 0.0284. The molecule has 0 heterocycles. The van der Waals surface area contributed by atoms with Crippen LogP contribution in [0.5, 0.6) is 0 Å². The van der Waals surface area contributed by atoms with Gasteiger partial charge in [0, 0.05) is 13.1 Å². The molecule has 0 saturated heterocycles. The molecule has 30 heavy (non-hydrogen) atoms. The molecular weight excluding hydrogens is 380 g/mol. The van der Waals surface area contributed by atoms with Crippen molar-refractivity contribution in [2.24, 2.45) is 5.73 Å². The van der Waals surface area contributed by atoms with Crippen molar-refractivity contribution in [1.29, 1.82) is 0 Å². The lowest BCUT2D eigenvalue weighted by atomic mass is 10.1. The van der Waals surface area contributed by atoms with Gasteiger partial charge in [-0.3, -0.25) is 4.90 Å². The summed E-state index contributed by atoms with van der Waals surface area (Å²) in [6.07, 6.45) is 0.551. The number of amides is 2. The van der Waals surface area contributed by atoms with Crippen molar-refractivity contribution >= 4 is 12.2 Å². The lowest BCUT2D eigenvalue weighted by Crippen LogP contribution is -2.34. The molecule has 2 N–H and O–H groups in total. The molecule has 0 bridgehead atoms. The Kier molecular flexibility index (Phi) is 9.19. The van der Waals surface area contributed by atoms with Crippen molar-refractivity contribution in [1.82, 2.24) is 4.90 Å². The van der Waals surface area contributed by atoms with Gasteiger partial charge in [0.15, 0.2) is 0 Å². The number of nitrogens with zero attached hydrogens (tertiary/aromatic N) is 1. The fraction of sp³-hybridized carbons (Fsp3) is 0.417. The van der Waals surface area contributed by atoms with Crippen LogP contribution >= 0.6 is 0 Å². The Morgan fingerprint density at radius 1 is 0.933 bits per heavy atom. The first-order valence-corrected chi connectivity index (χ1v) is 10.4. The molecule has 0 radical (unpaired) electrons. The number of carbonyl (C=O) groups excluding carboxylic acids is 2. The molecule has 6 heteroatoms. The van der Waals surface area contributed by atoms with Crippen LogP contribution in [0.15, 0.2) is 48.5 Å². The third-order valence-corrected chi connectivity index (χ3v) is 4.80. The Bertz CT molecular complexity index is 755. The van der Waals surface area contributed by atoms with E-state index in [4.69, 9.17) is 15.2 Å². The number of hydrogen-bond acceptors (Lipinski definition) is 4. The molecule has 0 fully saturated rings. The van der Waals surface area contributed by atoms with Crippen LogP contribution < -0.4 is 5.73 Å². The van der Waals surface area contributed by atoms with Gasteiger partial charge >= 0.3 is 12.2 Å². The number of primary amides is 1. The van der Waals surface area contributed by atoms with Crippen LogP contribution in [-0.2, 0) is 22.6 Å². The zero-order chi connectivity index (χ0) is 21.9. The van der Waals surface area contributed by atoms with Gasteiger partial charge < -0.3 is 15.2 Å². The maximum absolute atomic E-state index is 12.9. The van der Waals surface area contributed by atoms with Gasteiger partial charge in [0.25, 0.3) is 0 Å². The molecule has 2 aromatic carbocycles. The molecular formula is C24H32N2O4. The summed E-state index contributed by atoms with van der Waals surface area (Å²) in [6, 6.07) is 16.1. The number of carbonyl (C=O) groups is 2. The molecule has 1 atom stereocenters. The van der Waals surface area contributed by atoms with E-state index in [-0.39, 0.29) is 6.61 Å². The van der Waals surface area contributed by atoms with Crippen LogP contribution in [-0.4, -0.2) is 29.8 Å². The Balaban J connectivity index is 2.08. The van der Waals surface area contributed by atoms with Gasteiger partial charge in [-0.15, -0.1) is 0 Å². The average molecular weight is 413 g/mol. The summed E-state index contributed by atoms with van der Waals surface area (Å²) >= 11 is 0. The summed E-state index contributed by atoms with van der Waals surface area (Å²) in [4.78, 5) is 25.7. The van der Waals surface area contributed by atoms with Crippen molar-refractivity contribution in [3.63, 3.8) is 0 Å². The molecule has 0 aliphatic heterocycles. The Labute approximate surface area is 179 Å². The van der Waals surface area contributed by atoms with E-state index in [0.29, 0.717) is 19.5 Å². The van der Waals surface area contributed by atoms with E-state index in [1.807, 2.05) is 69.3 Å². The first kappa shape index (κ1) is 23.3. The van der Waals surface area contributed by atoms with E-state index in [0.717, 1.165) is 35.1 Å². The second-order valence-corrected chi connectivity index (χ2v) is 7.61. The van der Waals surface area contributed by atoms with Gasteiger partial charge in [-0.05, 0) is 37.8 Å². The predicted octanol–water partition coefficient (Wildman–Crippen LogP) is 5.10. The Hall–Kier alpha value is -3.02. The minimum atomic E-state index is -0.858. The molecule has 0 aromatic heterocycles. The molecule has 6 nitrogen and oxygen atoms in total. The van der Waals surface area contributed by atoms with Crippen molar-refractivity contribution in [2.45, 2.75) is 59.2 Å². The quantitative estimate of drug-likeness (QED) is 0.589. The second-order valence-electron chi connectivity index (χ2n) is 7.61. The molecule has 2 rings (SSSR count). The van der Waals surface area contributed by atoms with Crippen molar-refractivity contribution in [3.05, 3.63) is 70.8 Å². The van der Waals surface area contributed by atoms with Gasteiger partial charge in [0.05, 0.1) is 0 Å². The van der Waals surface area contributed by atoms with Crippen molar-refractivity contribution < 1.29 is 19.1 Å². The van der Waals surface area contributed by atoms with E-state index in [1.165, 1.54) is 0 Å². The summed E-state index contributed by atoms with van der Waals surface area (Å²) in [5.41, 5.74) is 9.50. The first-order chi connectivity index (χ1) is 14.4. The minimum Gasteiger partial charge on any atom is -0.445 e. The van der Waals surface area contributed by atoms with Gasteiger partial charge in [0.2, 0.25) is 0 Å².